The fourth-order valence-electron chi connectivity index (χ4n) is 1.75. The second kappa shape index (κ2) is 5.37. The Labute approximate surface area is 123 Å². The summed E-state index contributed by atoms with van der Waals surface area (Å²) in [5.74, 6) is -0.257. The molecule has 0 aliphatic carbocycles. The molecule has 3 rings (SSSR count). The zero-order chi connectivity index (χ0) is 14.8. The van der Waals surface area contributed by atoms with Crippen LogP contribution in [0.5, 0.6) is 11.5 Å². The molecule has 2 amide bonds. The standard InChI is InChI=1S/C13H9ClN2O5/c14-8-4-7(5-10-11(8)21-6-20-10)12(17)15-16-13(18)9-2-1-3-19-9/h1-5H,6H2,(H,15,17)(H,16,18). The van der Waals surface area contributed by atoms with Crippen molar-refractivity contribution >= 4 is 23.4 Å². The highest BCUT2D eigenvalue weighted by Crippen LogP contribution is 2.39. The highest BCUT2D eigenvalue weighted by atomic mass is 35.5. The van der Waals surface area contributed by atoms with E-state index < -0.39 is 11.8 Å². The van der Waals surface area contributed by atoms with Crippen molar-refractivity contribution in [2.75, 3.05) is 6.79 Å². The number of nitrogens with one attached hydrogen (secondary N) is 2. The lowest BCUT2D eigenvalue weighted by Gasteiger charge is -2.07. The van der Waals surface area contributed by atoms with Crippen molar-refractivity contribution in [2.24, 2.45) is 0 Å². The predicted octanol–water partition coefficient (Wildman–Crippen LogP) is 1.74. The molecule has 0 unspecified atom stereocenters. The first kappa shape index (κ1) is 13.3. The van der Waals surface area contributed by atoms with Crippen LogP contribution in [0.4, 0.5) is 0 Å². The van der Waals surface area contributed by atoms with Gasteiger partial charge in [-0.2, -0.15) is 0 Å². The van der Waals surface area contributed by atoms with Gasteiger partial charge in [-0.05, 0) is 24.3 Å². The van der Waals surface area contributed by atoms with Gasteiger partial charge >= 0.3 is 5.91 Å². The van der Waals surface area contributed by atoms with Crippen molar-refractivity contribution < 1.29 is 23.5 Å². The monoisotopic (exact) mass is 308 g/mol. The fourth-order valence-corrected chi connectivity index (χ4v) is 2.02. The van der Waals surface area contributed by atoms with E-state index in [9.17, 15) is 9.59 Å². The van der Waals surface area contributed by atoms with Crippen molar-refractivity contribution in [1.82, 2.24) is 10.9 Å². The summed E-state index contributed by atoms with van der Waals surface area (Å²) in [7, 11) is 0. The number of carbonyl (C=O) groups excluding carboxylic acids is 2. The molecule has 0 radical (unpaired) electrons. The van der Waals surface area contributed by atoms with Crippen LogP contribution in [0.1, 0.15) is 20.9 Å². The number of carbonyl (C=O) groups is 2. The van der Waals surface area contributed by atoms with Gasteiger partial charge in [0, 0.05) is 5.56 Å². The molecule has 2 aromatic rings. The number of fused-ring (bicyclic) bond motifs is 1. The summed E-state index contributed by atoms with van der Waals surface area (Å²) in [6.07, 6.45) is 1.36. The van der Waals surface area contributed by atoms with Crippen molar-refractivity contribution in [3.8, 4) is 11.5 Å². The largest absolute Gasteiger partial charge is 0.459 e. The van der Waals surface area contributed by atoms with Crippen molar-refractivity contribution in [3.63, 3.8) is 0 Å². The molecule has 0 spiro atoms. The number of benzene rings is 1. The van der Waals surface area contributed by atoms with Gasteiger partial charge in [0.15, 0.2) is 17.3 Å². The molecule has 0 atom stereocenters. The SMILES string of the molecule is O=C(NNC(=O)c1ccco1)c1cc(Cl)c2c(c1)OCO2. The zero-order valence-corrected chi connectivity index (χ0v) is 11.3. The number of hydrogen-bond donors (Lipinski definition) is 2. The van der Waals surface area contributed by atoms with Gasteiger partial charge in [0.1, 0.15) is 0 Å². The Morgan fingerprint density at radius 1 is 1.14 bits per heavy atom. The maximum Gasteiger partial charge on any atom is 0.305 e. The molecule has 1 aliphatic rings. The first-order valence-electron chi connectivity index (χ1n) is 5.88. The fraction of sp³-hybridized carbons (Fsp3) is 0.0769. The zero-order valence-electron chi connectivity index (χ0n) is 10.5. The number of furan rings is 1. The van der Waals surface area contributed by atoms with E-state index in [1.165, 1.54) is 24.5 Å². The van der Waals surface area contributed by atoms with Gasteiger partial charge in [-0.3, -0.25) is 20.4 Å². The average Bonchev–Trinajstić information content (AvgIpc) is 3.14. The summed E-state index contributed by atoms with van der Waals surface area (Å²) in [5, 5.41) is 0.257. The van der Waals surface area contributed by atoms with E-state index >= 15 is 0 Å². The molecule has 108 valence electrons. The van der Waals surface area contributed by atoms with Gasteiger partial charge in [0.05, 0.1) is 11.3 Å². The highest BCUT2D eigenvalue weighted by Gasteiger charge is 2.21. The minimum absolute atomic E-state index is 0.0509. The number of hydrazine groups is 1. The molecule has 1 aromatic heterocycles. The van der Waals surface area contributed by atoms with Crippen molar-refractivity contribution in [2.45, 2.75) is 0 Å². The molecule has 1 aliphatic heterocycles. The smallest absolute Gasteiger partial charge is 0.305 e. The van der Waals surface area contributed by atoms with Crippen molar-refractivity contribution in [1.29, 1.82) is 0 Å². The van der Waals surface area contributed by atoms with E-state index in [0.29, 0.717) is 11.5 Å². The van der Waals surface area contributed by atoms with E-state index in [4.69, 9.17) is 25.5 Å². The summed E-state index contributed by atoms with van der Waals surface area (Å²) < 4.78 is 15.2. The van der Waals surface area contributed by atoms with Crippen LogP contribution >= 0.6 is 11.6 Å². The van der Waals surface area contributed by atoms with Crippen LogP contribution in [0.15, 0.2) is 34.9 Å². The third-order valence-corrected chi connectivity index (χ3v) is 3.00. The van der Waals surface area contributed by atoms with Crippen LogP contribution in [0, 0.1) is 0 Å². The molecule has 0 fully saturated rings. The Balaban J connectivity index is 1.69. The summed E-state index contributed by atoms with van der Waals surface area (Å²) >= 11 is 5.98. The lowest BCUT2D eigenvalue weighted by molar-refractivity contribution is 0.0831. The van der Waals surface area contributed by atoms with Gasteiger partial charge in [0.25, 0.3) is 5.91 Å². The number of ether oxygens (including phenoxy) is 2. The van der Waals surface area contributed by atoms with Gasteiger partial charge in [-0.1, -0.05) is 11.6 Å². The number of hydrogen-bond acceptors (Lipinski definition) is 5. The summed E-state index contributed by atoms with van der Waals surface area (Å²) in [6.45, 7) is 0.0509. The lowest BCUT2D eigenvalue weighted by Crippen LogP contribution is -2.41. The third kappa shape index (κ3) is 2.63. The quantitative estimate of drug-likeness (QED) is 0.825. The molecule has 0 saturated carbocycles. The molecule has 8 heteroatoms. The third-order valence-electron chi connectivity index (χ3n) is 2.72. The van der Waals surface area contributed by atoms with Gasteiger partial charge in [0.2, 0.25) is 6.79 Å². The molecule has 0 bridgehead atoms. The van der Waals surface area contributed by atoms with E-state index in [2.05, 4.69) is 10.9 Å². The van der Waals surface area contributed by atoms with E-state index in [1.54, 1.807) is 6.07 Å². The van der Waals surface area contributed by atoms with Crippen LogP contribution in [0.2, 0.25) is 5.02 Å². The Morgan fingerprint density at radius 3 is 2.71 bits per heavy atom. The molecule has 21 heavy (non-hydrogen) atoms. The predicted molar refractivity (Wildman–Crippen MR) is 71.2 cm³/mol. The maximum absolute atomic E-state index is 12.0. The number of rotatable bonds is 2. The minimum atomic E-state index is -0.569. The molecule has 2 heterocycles. The van der Waals surface area contributed by atoms with E-state index in [0.717, 1.165) is 0 Å². The second-order valence-electron chi connectivity index (χ2n) is 4.08. The van der Waals surface area contributed by atoms with E-state index in [-0.39, 0.29) is 23.1 Å². The number of amides is 2. The van der Waals surface area contributed by atoms with Gasteiger partial charge in [-0.25, -0.2) is 0 Å². The van der Waals surface area contributed by atoms with Crippen LogP contribution in [-0.2, 0) is 0 Å². The van der Waals surface area contributed by atoms with Crippen LogP contribution in [-0.4, -0.2) is 18.6 Å². The van der Waals surface area contributed by atoms with Gasteiger partial charge in [-0.15, -0.1) is 0 Å². The number of halogens is 1. The lowest BCUT2D eigenvalue weighted by atomic mass is 10.2. The molecular weight excluding hydrogens is 300 g/mol. The molecule has 2 N–H and O–H groups in total. The Bertz CT molecular complexity index is 699. The highest BCUT2D eigenvalue weighted by molar-refractivity contribution is 6.32. The molecular formula is C13H9ClN2O5. The van der Waals surface area contributed by atoms with Crippen LogP contribution < -0.4 is 20.3 Å². The normalized spacial score (nSPS) is 12.0. The molecule has 7 nitrogen and oxygen atoms in total. The summed E-state index contributed by atoms with van der Waals surface area (Å²) in [6, 6.07) is 5.93. The Morgan fingerprint density at radius 2 is 1.95 bits per heavy atom. The topological polar surface area (TPSA) is 89.8 Å². The first-order valence-corrected chi connectivity index (χ1v) is 6.26. The molecule has 0 saturated heterocycles. The first-order chi connectivity index (χ1) is 10.1. The summed E-state index contributed by atoms with van der Waals surface area (Å²) in [4.78, 5) is 23.6. The van der Waals surface area contributed by atoms with Crippen molar-refractivity contribution in [3.05, 3.63) is 46.9 Å². The van der Waals surface area contributed by atoms with Crippen LogP contribution in [0.3, 0.4) is 0 Å². The Kier molecular flexibility index (Phi) is 3.41. The maximum atomic E-state index is 12.0. The van der Waals surface area contributed by atoms with E-state index in [1.807, 2.05) is 0 Å². The summed E-state index contributed by atoms with van der Waals surface area (Å²) in [5.41, 5.74) is 4.70. The van der Waals surface area contributed by atoms with Crippen LogP contribution in [0.25, 0.3) is 0 Å². The average molecular weight is 309 g/mol. The minimum Gasteiger partial charge on any atom is -0.459 e. The second-order valence-corrected chi connectivity index (χ2v) is 4.48. The van der Waals surface area contributed by atoms with Gasteiger partial charge < -0.3 is 13.9 Å². The Hall–Kier alpha value is -2.67. The molecule has 1 aromatic carbocycles.